The van der Waals surface area contributed by atoms with Crippen molar-refractivity contribution in [3.63, 3.8) is 0 Å². The Kier molecular flexibility index (Phi) is 5.38. The quantitative estimate of drug-likeness (QED) is 0.846. The van der Waals surface area contributed by atoms with E-state index in [9.17, 15) is 9.90 Å². The van der Waals surface area contributed by atoms with Crippen LogP contribution in [0.3, 0.4) is 0 Å². The van der Waals surface area contributed by atoms with Gasteiger partial charge in [0.05, 0.1) is 11.1 Å². The molecule has 5 heteroatoms. The summed E-state index contributed by atoms with van der Waals surface area (Å²) in [5.74, 6) is -0.0572. The fourth-order valence-corrected chi connectivity index (χ4v) is 1.38. The van der Waals surface area contributed by atoms with Gasteiger partial charge in [0.1, 0.15) is 5.69 Å². The summed E-state index contributed by atoms with van der Waals surface area (Å²) in [5, 5.41) is 12.8. The van der Waals surface area contributed by atoms with Crippen LogP contribution in [0.4, 0.5) is 0 Å². The van der Waals surface area contributed by atoms with Gasteiger partial charge in [-0.3, -0.25) is 4.79 Å². The summed E-state index contributed by atoms with van der Waals surface area (Å²) in [6, 6.07) is 3.18. The first kappa shape index (κ1) is 13.9. The number of hydrogen-bond acceptors (Lipinski definition) is 3. The number of aliphatic hydroxyl groups is 1. The molecule has 1 atom stereocenters. The van der Waals surface area contributed by atoms with Crippen molar-refractivity contribution in [2.45, 2.75) is 26.4 Å². The van der Waals surface area contributed by atoms with E-state index < -0.39 is 6.10 Å². The van der Waals surface area contributed by atoms with Crippen molar-refractivity contribution in [1.82, 2.24) is 10.3 Å². The highest BCUT2D eigenvalue weighted by Gasteiger charge is 2.10. The highest BCUT2D eigenvalue weighted by molar-refractivity contribution is 6.30. The number of carbonyl (C=O) groups excluding carboxylic acids is 1. The van der Waals surface area contributed by atoms with Crippen LogP contribution in [0.15, 0.2) is 18.3 Å². The van der Waals surface area contributed by atoms with Gasteiger partial charge >= 0.3 is 0 Å². The number of nitrogens with zero attached hydrogens (tertiary/aromatic N) is 1. The van der Waals surface area contributed by atoms with Crippen LogP contribution >= 0.6 is 11.6 Å². The number of aliphatic hydroxyl groups excluding tert-OH is 1. The Labute approximate surface area is 106 Å². The van der Waals surface area contributed by atoms with E-state index in [0.717, 1.165) is 0 Å². The first-order valence-electron chi connectivity index (χ1n) is 5.58. The van der Waals surface area contributed by atoms with Gasteiger partial charge in [-0.05, 0) is 24.5 Å². The predicted octanol–water partition coefficient (Wildman–Crippen LogP) is 1.87. The number of halogens is 1. The molecular weight excluding hydrogens is 240 g/mol. The zero-order chi connectivity index (χ0) is 12.8. The van der Waals surface area contributed by atoms with Crippen molar-refractivity contribution in [1.29, 1.82) is 0 Å². The van der Waals surface area contributed by atoms with Gasteiger partial charge in [-0.2, -0.15) is 0 Å². The summed E-state index contributed by atoms with van der Waals surface area (Å²) < 4.78 is 0. The van der Waals surface area contributed by atoms with Crippen LogP contribution in [-0.4, -0.2) is 28.6 Å². The predicted molar refractivity (Wildman–Crippen MR) is 67.0 cm³/mol. The van der Waals surface area contributed by atoms with Gasteiger partial charge < -0.3 is 10.4 Å². The van der Waals surface area contributed by atoms with E-state index in [0.29, 0.717) is 23.7 Å². The summed E-state index contributed by atoms with van der Waals surface area (Å²) in [6.45, 7) is 4.31. The van der Waals surface area contributed by atoms with Gasteiger partial charge in [0.25, 0.3) is 5.91 Å². The Morgan fingerprint density at radius 1 is 1.53 bits per heavy atom. The van der Waals surface area contributed by atoms with Crippen molar-refractivity contribution < 1.29 is 9.90 Å². The number of rotatable bonds is 5. The molecule has 0 saturated heterocycles. The molecular formula is C12H17ClN2O2. The molecule has 0 saturated carbocycles. The maximum Gasteiger partial charge on any atom is 0.269 e. The summed E-state index contributed by atoms with van der Waals surface area (Å²) in [5.41, 5.74) is 0.327. The molecule has 1 aromatic rings. The molecule has 1 unspecified atom stereocenters. The van der Waals surface area contributed by atoms with E-state index in [4.69, 9.17) is 11.6 Å². The molecule has 1 heterocycles. The normalized spacial score (nSPS) is 12.5. The number of amides is 1. The van der Waals surface area contributed by atoms with Crippen LogP contribution in [0.1, 0.15) is 30.8 Å². The van der Waals surface area contributed by atoms with Gasteiger partial charge in [-0.1, -0.05) is 25.4 Å². The second kappa shape index (κ2) is 6.57. The summed E-state index contributed by atoms with van der Waals surface area (Å²) in [4.78, 5) is 15.5. The van der Waals surface area contributed by atoms with Gasteiger partial charge in [0.2, 0.25) is 0 Å². The maximum absolute atomic E-state index is 11.6. The highest BCUT2D eigenvalue weighted by atomic mass is 35.5. The third kappa shape index (κ3) is 4.71. The number of carbonyl (C=O) groups is 1. The number of aromatic nitrogens is 1. The van der Waals surface area contributed by atoms with Gasteiger partial charge in [-0.25, -0.2) is 4.98 Å². The standard InChI is InChI=1S/C12H17ClN2O2/c1-8(2)11(16)5-6-14-12(17)10-4-3-9(13)7-15-10/h3-4,7-8,11,16H,5-6H2,1-2H3,(H,14,17). The van der Waals surface area contributed by atoms with Gasteiger partial charge in [0, 0.05) is 12.7 Å². The molecule has 17 heavy (non-hydrogen) atoms. The van der Waals surface area contributed by atoms with Crippen LogP contribution in [0, 0.1) is 5.92 Å². The minimum Gasteiger partial charge on any atom is -0.393 e. The SMILES string of the molecule is CC(C)C(O)CCNC(=O)c1ccc(Cl)cn1. The molecule has 0 aliphatic carbocycles. The molecule has 0 radical (unpaired) electrons. The Bertz CT molecular complexity index is 365. The van der Waals surface area contributed by atoms with Crippen molar-refractivity contribution in [3.05, 3.63) is 29.0 Å². The van der Waals surface area contributed by atoms with Crippen molar-refractivity contribution >= 4 is 17.5 Å². The molecule has 0 aliphatic heterocycles. The van der Waals surface area contributed by atoms with E-state index >= 15 is 0 Å². The molecule has 0 aliphatic rings. The van der Waals surface area contributed by atoms with Gasteiger partial charge in [-0.15, -0.1) is 0 Å². The molecule has 0 bridgehead atoms. The maximum atomic E-state index is 11.6. The minimum atomic E-state index is -0.395. The van der Waals surface area contributed by atoms with E-state index in [-0.39, 0.29) is 11.8 Å². The minimum absolute atomic E-state index is 0.195. The first-order valence-corrected chi connectivity index (χ1v) is 5.96. The van der Waals surface area contributed by atoms with E-state index in [1.54, 1.807) is 12.1 Å². The third-order valence-electron chi connectivity index (χ3n) is 2.46. The van der Waals surface area contributed by atoms with Gasteiger partial charge in [0.15, 0.2) is 0 Å². The molecule has 1 rings (SSSR count). The smallest absolute Gasteiger partial charge is 0.269 e. The Morgan fingerprint density at radius 2 is 2.24 bits per heavy atom. The Balaban J connectivity index is 2.37. The lowest BCUT2D eigenvalue weighted by molar-refractivity contribution is 0.0915. The average Bonchev–Trinajstić information content (AvgIpc) is 2.29. The molecule has 1 aromatic heterocycles. The summed E-state index contributed by atoms with van der Waals surface area (Å²) in [6.07, 6.45) is 1.57. The summed E-state index contributed by atoms with van der Waals surface area (Å²) in [7, 11) is 0. The third-order valence-corrected chi connectivity index (χ3v) is 2.68. The lowest BCUT2D eigenvalue weighted by Crippen LogP contribution is -2.29. The van der Waals surface area contributed by atoms with E-state index in [1.165, 1.54) is 6.20 Å². The number of pyridine rings is 1. The molecule has 0 spiro atoms. The fraction of sp³-hybridized carbons (Fsp3) is 0.500. The molecule has 0 fully saturated rings. The van der Waals surface area contributed by atoms with Crippen LogP contribution in [-0.2, 0) is 0 Å². The number of nitrogens with one attached hydrogen (secondary N) is 1. The molecule has 0 aromatic carbocycles. The highest BCUT2D eigenvalue weighted by Crippen LogP contribution is 2.07. The zero-order valence-electron chi connectivity index (χ0n) is 9.98. The van der Waals surface area contributed by atoms with Crippen LogP contribution in [0.2, 0.25) is 5.02 Å². The zero-order valence-corrected chi connectivity index (χ0v) is 10.7. The van der Waals surface area contributed by atoms with Crippen LogP contribution in [0.25, 0.3) is 0 Å². The summed E-state index contributed by atoms with van der Waals surface area (Å²) >= 11 is 5.67. The lowest BCUT2D eigenvalue weighted by atomic mass is 10.0. The second-order valence-electron chi connectivity index (χ2n) is 4.22. The number of hydrogen-bond donors (Lipinski definition) is 2. The largest absolute Gasteiger partial charge is 0.393 e. The van der Waals surface area contributed by atoms with Crippen molar-refractivity contribution in [2.24, 2.45) is 5.92 Å². The average molecular weight is 257 g/mol. The van der Waals surface area contributed by atoms with Crippen LogP contribution in [0.5, 0.6) is 0 Å². The van der Waals surface area contributed by atoms with Crippen LogP contribution < -0.4 is 5.32 Å². The monoisotopic (exact) mass is 256 g/mol. The molecule has 2 N–H and O–H groups in total. The van der Waals surface area contributed by atoms with Crippen molar-refractivity contribution in [2.75, 3.05) is 6.54 Å². The van der Waals surface area contributed by atoms with Crippen molar-refractivity contribution in [3.8, 4) is 0 Å². The molecule has 1 amide bonds. The second-order valence-corrected chi connectivity index (χ2v) is 4.65. The van der Waals surface area contributed by atoms with E-state index in [2.05, 4.69) is 10.3 Å². The lowest BCUT2D eigenvalue weighted by Gasteiger charge is -2.14. The topological polar surface area (TPSA) is 62.2 Å². The van der Waals surface area contributed by atoms with E-state index in [1.807, 2.05) is 13.8 Å². The molecule has 94 valence electrons. The fourth-order valence-electron chi connectivity index (χ4n) is 1.27. The Morgan fingerprint density at radius 3 is 2.76 bits per heavy atom. The molecule has 4 nitrogen and oxygen atoms in total. The first-order chi connectivity index (χ1) is 8.00. The Hall–Kier alpha value is -1.13.